The van der Waals surface area contributed by atoms with Crippen LogP contribution < -0.4 is 0 Å². The fraction of sp³-hybridized carbons (Fsp3) is 0.269. The fourth-order valence-corrected chi connectivity index (χ4v) is 4.52. The van der Waals surface area contributed by atoms with Crippen molar-refractivity contribution in [3.63, 3.8) is 0 Å². The minimum Gasteiger partial charge on any atom is -0.361 e. The number of amides is 1. The molecule has 0 aliphatic carbocycles. The van der Waals surface area contributed by atoms with Gasteiger partial charge in [0.05, 0.1) is 24.0 Å². The van der Waals surface area contributed by atoms with Crippen LogP contribution in [0.4, 0.5) is 0 Å². The molecule has 2 aromatic heterocycles. The normalized spacial score (nSPS) is 16.5. The van der Waals surface area contributed by atoms with Gasteiger partial charge < -0.3 is 9.88 Å². The zero-order chi connectivity index (χ0) is 21.2. The van der Waals surface area contributed by atoms with Crippen LogP contribution in [0.15, 0.2) is 67.1 Å². The van der Waals surface area contributed by atoms with Crippen LogP contribution in [-0.2, 0) is 11.2 Å². The first-order valence-electron chi connectivity index (χ1n) is 10.9. The predicted octanol–water partition coefficient (Wildman–Crippen LogP) is 4.88. The number of piperidine rings is 1. The lowest BCUT2D eigenvalue weighted by molar-refractivity contribution is -0.131. The van der Waals surface area contributed by atoms with Crippen LogP contribution in [0, 0.1) is 6.92 Å². The van der Waals surface area contributed by atoms with Crippen molar-refractivity contribution < 1.29 is 4.79 Å². The number of benzene rings is 2. The lowest BCUT2D eigenvalue weighted by atomic mass is 9.94. The van der Waals surface area contributed by atoms with E-state index in [1.807, 2.05) is 47.8 Å². The van der Waals surface area contributed by atoms with E-state index in [0.717, 1.165) is 52.8 Å². The Balaban J connectivity index is 1.32. The van der Waals surface area contributed by atoms with Crippen molar-refractivity contribution in [2.24, 2.45) is 0 Å². The average molecular weight is 411 g/mol. The van der Waals surface area contributed by atoms with Gasteiger partial charge in [-0.25, -0.2) is 4.98 Å². The Morgan fingerprint density at radius 3 is 2.97 bits per heavy atom. The number of aromatic amines is 1. The maximum absolute atomic E-state index is 13.1. The second-order valence-corrected chi connectivity index (χ2v) is 8.41. The number of H-pyrrole nitrogens is 1. The third-order valence-corrected chi connectivity index (χ3v) is 6.18. The topological polar surface area (TPSA) is 61.9 Å². The summed E-state index contributed by atoms with van der Waals surface area (Å²) in [5.74, 6) is 0.398. The molecule has 5 heteroatoms. The highest BCUT2D eigenvalue weighted by Gasteiger charge is 2.26. The number of hydrogen-bond acceptors (Lipinski definition) is 3. The molecule has 31 heavy (non-hydrogen) atoms. The Hall–Kier alpha value is -3.47. The fourth-order valence-electron chi connectivity index (χ4n) is 4.52. The molecule has 5 nitrogen and oxygen atoms in total. The van der Waals surface area contributed by atoms with E-state index >= 15 is 0 Å². The van der Waals surface area contributed by atoms with Gasteiger partial charge in [0.15, 0.2) is 0 Å². The maximum atomic E-state index is 13.1. The minimum absolute atomic E-state index is 0.178. The molecule has 1 aliphatic rings. The molecular formula is C26H26N4O. The van der Waals surface area contributed by atoms with Crippen LogP contribution in [0.5, 0.6) is 0 Å². The summed E-state index contributed by atoms with van der Waals surface area (Å²) in [6, 6.07) is 16.5. The molecule has 1 aliphatic heterocycles. The van der Waals surface area contributed by atoms with E-state index in [9.17, 15) is 4.79 Å². The molecule has 156 valence electrons. The van der Waals surface area contributed by atoms with E-state index < -0.39 is 0 Å². The Morgan fingerprint density at radius 2 is 2.06 bits per heavy atom. The van der Waals surface area contributed by atoms with Gasteiger partial charge in [0.1, 0.15) is 0 Å². The van der Waals surface area contributed by atoms with Gasteiger partial charge in [-0.3, -0.25) is 9.78 Å². The highest BCUT2D eigenvalue weighted by atomic mass is 16.2. The van der Waals surface area contributed by atoms with Gasteiger partial charge >= 0.3 is 0 Å². The molecule has 1 atom stereocenters. The van der Waals surface area contributed by atoms with Gasteiger partial charge in [-0.05, 0) is 37.5 Å². The number of hydrogen-bond donors (Lipinski definition) is 1. The number of rotatable bonds is 4. The Morgan fingerprint density at radius 1 is 1.16 bits per heavy atom. The molecule has 0 unspecified atom stereocenters. The van der Waals surface area contributed by atoms with Gasteiger partial charge in [-0.15, -0.1) is 0 Å². The molecule has 1 saturated heterocycles. The zero-order valence-electron chi connectivity index (χ0n) is 17.7. The van der Waals surface area contributed by atoms with E-state index in [1.165, 1.54) is 5.56 Å². The second kappa shape index (κ2) is 8.34. The summed E-state index contributed by atoms with van der Waals surface area (Å²) in [7, 11) is 0. The molecule has 1 fully saturated rings. The molecule has 0 saturated carbocycles. The maximum Gasteiger partial charge on any atom is 0.227 e. The van der Waals surface area contributed by atoms with Crippen molar-refractivity contribution in [3.05, 3.63) is 83.9 Å². The third kappa shape index (κ3) is 4.08. The standard InChI is InChI=1S/C26H26N4O/c1-18-6-4-7-19(12-18)24-15-27-16-25(29-24)20-8-5-11-30(17-20)26(31)13-21-14-28-23-10-3-2-9-22(21)23/h2-4,6-7,9-10,12,14-16,20,28H,5,8,11,13,17H2,1H3/t20-/m0/s1. The van der Waals surface area contributed by atoms with Crippen molar-refractivity contribution in [2.75, 3.05) is 13.1 Å². The van der Waals surface area contributed by atoms with Crippen LogP contribution >= 0.6 is 0 Å². The monoisotopic (exact) mass is 410 g/mol. The smallest absolute Gasteiger partial charge is 0.227 e. The van der Waals surface area contributed by atoms with E-state index in [4.69, 9.17) is 4.98 Å². The average Bonchev–Trinajstić information content (AvgIpc) is 3.22. The van der Waals surface area contributed by atoms with Crippen molar-refractivity contribution in [3.8, 4) is 11.3 Å². The number of aromatic nitrogens is 3. The van der Waals surface area contributed by atoms with Gasteiger partial charge in [0.25, 0.3) is 0 Å². The molecule has 1 N–H and O–H groups in total. The quantitative estimate of drug-likeness (QED) is 0.521. The van der Waals surface area contributed by atoms with Gasteiger partial charge in [0.2, 0.25) is 5.91 Å². The number of para-hydroxylation sites is 1. The van der Waals surface area contributed by atoms with E-state index in [-0.39, 0.29) is 11.8 Å². The number of nitrogens with zero attached hydrogens (tertiary/aromatic N) is 3. The number of nitrogens with one attached hydrogen (secondary N) is 1. The van der Waals surface area contributed by atoms with E-state index in [2.05, 4.69) is 41.2 Å². The molecule has 1 amide bonds. The van der Waals surface area contributed by atoms with Crippen molar-refractivity contribution in [1.29, 1.82) is 0 Å². The van der Waals surface area contributed by atoms with Crippen LogP contribution in [0.2, 0.25) is 0 Å². The highest BCUT2D eigenvalue weighted by Crippen LogP contribution is 2.28. The number of carbonyl (C=O) groups is 1. The largest absolute Gasteiger partial charge is 0.361 e. The van der Waals surface area contributed by atoms with Gasteiger partial charge in [-0.2, -0.15) is 0 Å². The zero-order valence-corrected chi connectivity index (χ0v) is 17.7. The predicted molar refractivity (Wildman–Crippen MR) is 123 cm³/mol. The molecule has 0 bridgehead atoms. The Kier molecular flexibility index (Phi) is 5.24. The Bertz CT molecular complexity index is 1230. The molecule has 4 aromatic rings. The second-order valence-electron chi connectivity index (χ2n) is 8.41. The molecule has 0 spiro atoms. The van der Waals surface area contributed by atoms with Crippen molar-refractivity contribution in [1.82, 2.24) is 19.9 Å². The van der Waals surface area contributed by atoms with E-state index in [1.54, 1.807) is 0 Å². The molecule has 2 aromatic carbocycles. The van der Waals surface area contributed by atoms with Crippen LogP contribution in [0.25, 0.3) is 22.2 Å². The molecule has 3 heterocycles. The van der Waals surface area contributed by atoms with Crippen LogP contribution in [-0.4, -0.2) is 38.8 Å². The number of aryl methyl sites for hydroxylation is 1. The van der Waals surface area contributed by atoms with E-state index in [0.29, 0.717) is 13.0 Å². The van der Waals surface area contributed by atoms with Crippen molar-refractivity contribution >= 4 is 16.8 Å². The summed E-state index contributed by atoms with van der Waals surface area (Å²) in [6.07, 6.45) is 8.08. The van der Waals surface area contributed by atoms with Gasteiger partial charge in [-0.1, -0.05) is 42.0 Å². The summed E-state index contributed by atoms with van der Waals surface area (Å²) in [5, 5.41) is 1.13. The van der Waals surface area contributed by atoms with Gasteiger partial charge in [0, 0.05) is 47.9 Å². The minimum atomic E-state index is 0.178. The van der Waals surface area contributed by atoms with Crippen LogP contribution in [0.3, 0.4) is 0 Å². The summed E-state index contributed by atoms with van der Waals surface area (Å²) in [4.78, 5) is 27.7. The lowest BCUT2D eigenvalue weighted by Crippen LogP contribution is -2.40. The highest BCUT2D eigenvalue weighted by molar-refractivity contribution is 5.89. The third-order valence-electron chi connectivity index (χ3n) is 6.18. The molecule has 5 rings (SSSR count). The number of likely N-dealkylation sites (tertiary alicyclic amines) is 1. The molecule has 0 radical (unpaired) electrons. The van der Waals surface area contributed by atoms with Crippen LogP contribution in [0.1, 0.15) is 35.6 Å². The lowest BCUT2D eigenvalue weighted by Gasteiger charge is -2.32. The number of fused-ring (bicyclic) bond motifs is 1. The number of carbonyl (C=O) groups excluding carboxylic acids is 1. The summed E-state index contributed by atoms with van der Waals surface area (Å²) < 4.78 is 0. The Labute approximate surface area is 182 Å². The summed E-state index contributed by atoms with van der Waals surface area (Å²) in [6.45, 7) is 3.59. The van der Waals surface area contributed by atoms with Crippen molar-refractivity contribution in [2.45, 2.75) is 32.1 Å². The summed E-state index contributed by atoms with van der Waals surface area (Å²) >= 11 is 0. The summed E-state index contributed by atoms with van der Waals surface area (Å²) in [5.41, 5.74) is 6.29. The molecular weight excluding hydrogens is 384 g/mol. The first kappa shape index (κ1) is 19.5. The first-order chi connectivity index (χ1) is 15.2. The first-order valence-corrected chi connectivity index (χ1v) is 10.9. The SMILES string of the molecule is Cc1cccc(-c2cncc([C@H]3CCCN(C(=O)Cc4c[nH]c5ccccc45)C3)n2)c1.